The Bertz CT molecular complexity index is 343. The van der Waals surface area contributed by atoms with E-state index in [1.807, 2.05) is 26.8 Å². The van der Waals surface area contributed by atoms with Crippen LogP contribution in [0.25, 0.3) is 0 Å². The van der Waals surface area contributed by atoms with E-state index in [4.69, 9.17) is 9.47 Å². The largest absolute Gasteiger partial charge is 0.458 e. The van der Waals surface area contributed by atoms with Crippen molar-refractivity contribution in [1.82, 2.24) is 5.32 Å². The van der Waals surface area contributed by atoms with E-state index in [9.17, 15) is 9.59 Å². The van der Waals surface area contributed by atoms with Gasteiger partial charge in [-0.2, -0.15) is 0 Å². The second kappa shape index (κ2) is 5.89. The molecule has 0 spiro atoms. The van der Waals surface area contributed by atoms with Crippen molar-refractivity contribution in [2.45, 2.75) is 58.3 Å². The highest BCUT2D eigenvalue weighted by Crippen LogP contribution is 2.15. The molecule has 102 valence electrons. The van der Waals surface area contributed by atoms with Crippen molar-refractivity contribution in [2.75, 3.05) is 0 Å². The molecule has 2 atom stereocenters. The molecule has 0 aliphatic heterocycles. The third-order valence-electron chi connectivity index (χ3n) is 2.34. The lowest BCUT2D eigenvalue weighted by Gasteiger charge is -2.25. The van der Waals surface area contributed by atoms with E-state index in [2.05, 4.69) is 5.32 Å². The van der Waals surface area contributed by atoms with Crippen LogP contribution in [0, 0.1) is 0 Å². The van der Waals surface area contributed by atoms with Crippen LogP contribution in [0.3, 0.4) is 0 Å². The fraction of sp³-hybridized carbons (Fsp3) is 0.692. The van der Waals surface area contributed by atoms with Crippen molar-refractivity contribution < 1.29 is 19.1 Å². The van der Waals surface area contributed by atoms with Gasteiger partial charge in [0.05, 0.1) is 6.04 Å². The Hall–Kier alpha value is -1.52. The molecule has 18 heavy (non-hydrogen) atoms. The Morgan fingerprint density at radius 1 is 1.22 bits per heavy atom. The first kappa shape index (κ1) is 14.5. The smallest absolute Gasteiger partial charge is 0.408 e. The van der Waals surface area contributed by atoms with E-state index in [0.29, 0.717) is 6.42 Å². The van der Waals surface area contributed by atoms with Crippen LogP contribution in [-0.2, 0) is 14.3 Å². The molecule has 0 aromatic rings. The Labute approximate surface area is 108 Å². The van der Waals surface area contributed by atoms with Crippen molar-refractivity contribution in [2.24, 2.45) is 0 Å². The summed E-state index contributed by atoms with van der Waals surface area (Å²) in [4.78, 5) is 22.3. The van der Waals surface area contributed by atoms with E-state index in [-0.39, 0.29) is 18.1 Å². The van der Waals surface area contributed by atoms with E-state index >= 15 is 0 Å². The maximum absolute atomic E-state index is 11.5. The average Bonchev–Trinajstić information content (AvgIpc) is 2.17. The van der Waals surface area contributed by atoms with Crippen molar-refractivity contribution in [3.63, 3.8) is 0 Å². The third kappa shape index (κ3) is 5.70. The zero-order valence-electron chi connectivity index (χ0n) is 11.4. The average molecular weight is 255 g/mol. The van der Waals surface area contributed by atoms with Crippen molar-refractivity contribution in [3.05, 3.63) is 12.2 Å². The summed E-state index contributed by atoms with van der Waals surface area (Å²) in [7, 11) is 0. The molecule has 0 bridgehead atoms. The second-order valence-corrected chi connectivity index (χ2v) is 5.36. The van der Waals surface area contributed by atoms with Gasteiger partial charge in [0, 0.05) is 6.92 Å². The molecule has 0 radical (unpaired) electrons. The first-order chi connectivity index (χ1) is 8.26. The summed E-state index contributed by atoms with van der Waals surface area (Å²) in [6.45, 7) is 6.85. The first-order valence-electron chi connectivity index (χ1n) is 6.11. The Morgan fingerprint density at radius 2 is 1.89 bits per heavy atom. The van der Waals surface area contributed by atoms with Gasteiger partial charge in [-0.25, -0.2) is 4.79 Å². The van der Waals surface area contributed by atoms with E-state index in [0.717, 1.165) is 6.42 Å². The van der Waals surface area contributed by atoms with Gasteiger partial charge in [-0.3, -0.25) is 4.79 Å². The number of alkyl carbamates (subject to hydrolysis) is 1. The van der Waals surface area contributed by atoms with Crippen LogP contribution in [-0.4, -0.2) is 29.8 Å². The van der Waals surface area contributed by atoms with Crippen molar-refractivity contribution >= 4 is 12.1 Å². The Kier molecular flexibility index (Phi) is 4.76. The van der Waals surface area contributed by atoms with Crippen LogP contribution in [0.15, 0.2) is 12.2 Å². The lowest BCUT2D eigenvalue weighted by molar-refractivity contribution is -0.144. The molecular formula is C13H21NO4. The number of esters is 1. The lowest BCUT2D eigenvalue weighted by Crippen LogP contribution is -2.40. The predicted molar refractivity (Wildman–Crippen MR) is 67.1 cm³/mol. The molecule has 0 heterocycles. The molecule has 1 rings (SSSR count). The fourth-order valence-electron chi connectivity index (χ4n) is 1.68. The van der Waals surface area contributed by atoms with Gasteiger partial charge in [0.25, 0.3) is 0 Å². The number of carbonyl (C=O) groups excluding carboxylic acids is 2. The monoisotopic (exact) mass is 255 g/mol. The van der Waals surface area contributed by atoms with Crippen LogP contribution < -0.4 is 5.32 Å². The fourth-order valence-corrected chi connectivity index (χ4v) is 1.68. The number of hydrogen-bond acceptors (Lipinski definition) is 4. The standard InChI is InChI=1S/C13H21NO4/c1-9(15)17-11-7-5-10(6-8-11)14-12(16)18-13(2,3)4/h5,7,10-11H,6,8H2,1-4H3,(H,14,16)/t10-,11-/m0/s1. The topological polar surface area (TPSA) is 64.6 Å². The maximum Gasteiger partial charge on any atom is 0.408 e. The van der Waals surface area contributed by atoms with Crippen LogP contribution >= 0.6 is 0 Å². The Morgan fingerprint density at radius 3 is 2.33 bits per heavy atom. The van der Waals surface area contributed by atoms with E-state index in [1.165, 1.54) is 6.92 Å². The summed E-state index contributed by atoms with van der Waals surface area (Å²) in [6, 6.07) is -0.0633. The van der Waals surface area contributed by atoms with Gasteiger partial charge in [0.15, 0.2) is 0 Å². The summed E-state index contributed by atoms with van der Waals surface area (Å²) in [5, 5.41) is 2.76. The highest BCUT2D eigenvalue weighted by Gasteiger charge is 2.22. The van der Waals surface area contributed by atoms with Crippen LogP contribution in [0.2, 0.25) is 0 Å². The lowest BCUT2D eigenvalue weighted by atomic mass is 10.0. The summed E-state index contributed by atoms with van der Waals surface area (Å²) in [5.41, 5.74) is -0.497. The van der Waals surface area contributed by atoms with Crippen molar-refractivity contribution in [1.29, 1.82) is 0 Å². The molecule has 5 heteroatoms. The van der Waals surface area contributed by atoms with Crippen LogP contribution in [0.5, 0.6) is 0 Å². The molecule has 1 amide bonds. The minimum absolute atomic E-state index is 0.0633. The number of hydrogen-bond donors (Lipinski definition) is 1. The van der Waals surface area contributed by atoms with Crippen LogP contribution in [0.4, 0.5) is 4.79 Å². The molecule has 0 saturated heterocycles. The SMILES string of the molecule is CC(=O)O[C@H]1C=C[C@H](NC(=O)OC(C)(C)C)CC1. The Balaban J connectivity index is 2.38. The van der Waals surface area contributed by atoms with Gasteiger partial charge in [-0.05, 0) is 39.7 Å². The number of rotatable bonds is 2. The van der Waals surface area contributed by atoms with Gasteiger partial charge in [-0.1, -0.05) is 6.08 Å². The number of ether oxygens (including phenoxy) is 2. The zero-order valence-corrected chi connectivity index (χ0v) is 11.4. The molecule has 0 fully saturated rings. The highest BCUT2D eigenvalue weighted by molar-refractivity contribution is 5.68. The zero-order chi connectivity index (χ0) is 13.8. The summed E-state index contributed by atoms with van der Waals surface area (Å²) >= 11 is 0. The molecule has 1 aliphatic rings. The highest BCUT2D eigenvalue weighted by atomic mass is 16.6. The molecule has 5 nitrogen and oxygen atoms in total. The minimum atomic E-state index is -0.497. The maximum atomic E-state index is 11.5. The van der Waals surface area contributed by atoms with Crippen molar-refractivity contribution in [3.8, 4) is 0 Å². The number of nitrogens with one attached hydrogen (secondary N) is 1. The second-order valence-electron chi connectivity index (χ2n) is 5.36. The van der Waals surface area contributed by atoms with Gasteiger partial charge in [-0.15, -0.1) is 0 Å². The van der Waals surface area contributed by atoms with Gasteiger partial charge >= 0.3 is 12.1 Å². The minimum Gasteiger partial charge on any atom is -0.458 e. The van der Waals surface area contributed by atoms with E-state index in [1.54, 1.807) is 6.08 Å². The molecule has 0 saturated carbocycles. The van der Waals surface area contributed by atoms with Crippen LogP contribution in [0.1, 0.15) is 40.5 Å². The number of amides is 1. The summed E-state index contributed by atoms with van der Waals surface area (Å²) in [5.74, 6) is -0.289. The number of carbonyl (C=O) groups is 2. The normalized spacial score (nSPS) is 23.3. The quantitative estimate of drug-likeness (QED) is 0.606. The molecule has 0 aromatic heterocycles. The summed E-state index contributed by atoms with van der Waals surface area (Å²) in [6.07, 6.45) is 4.46. The molecule has 1 N–H and O–H groups in total. The van der Waals surface area contributed by atoms with E-state index < -0.39 is 11.7 Å². The third-order valence-corrected chi connectivity index (χ3v) is 2.34. The van der Waals surface area contributed by atoms with Gasteiger partial charge in [0.2, 0.25) is 0 Å². The first-order valence-corrected chi connectivity index (χ1v) is 6.11. The summed E-state index contributed by atoms with van der Waals surface area (Å²) < 4.78 is 10.2. The molecule has 0 aromatic carbocycles. The molecule has 1 aliphatic carbocycles. The van der Waals surface area contributed by atoms with Gasteiger partial charge in [0.1, 0.15) is 11.7 Å². The predicted octanol–water partition coefficient (Wildman–Crippen LogP) is 2.16. The molecule has 0 unspecified atom stereocenters. The molecular weight excluding hydrogens is 234 g/mol. The van der Waals surface area contributed by atoms with Gasteiger partial charge < -0.3 is 14.8 Å².